The molecule has 0 spiro atoms. The molecule has 0 heterocycles. The highest BCUT2D eigenvalue weighted by atomic mass is 35.5. The second-order valence-electron chi connectivity index (χ2n) is 3.69. The molecule has 1 aromatic carbocycles. The number of halogens is 2. The standard InChI is InChI=1S/C11H15ClFNO/c1-7(15)4-9(6-14)8-2-3-10(12)11(13)5-8/h2-3,5,7,9,15H,4,6,14H2,1H3. The molecule has 0 aromatic heterocycles. The van der Waals surface area contributed by atoms with Gasteiger partial charge in [0.1, 0.15) is 5.82 Å². The number of nitrogens with two attached hydrogens (primary N) is 1. The van der Waals surface area contributed by atoms with Gasteiger partial charge in [0.15, 0.2) is 0 Å². The summed E-state index contributed by atoms with van der Waals surface area (Å²) < 4.78 is 13.2. The van der Waals surface area contributed by atoms with Crippen molar-refractivity contribution in [1.29, 1.82) is 0 Å². The van der Waals surface area contributed by atoms with E-state index in [-0.39, 0.29) is 10.9 Å². The molecule has 0 radical (unpaired) electrons. The summed E-state index contributed by atoms with van der Waals surface area (Å²) in [6.07, 6.45) is 0.0784. The Bertz CT molecular complexity index is 330. The number of aliphatic hydroxyl groups excluding tert-OH is 1. The van der Waals surface area contributed by atoms with Crippen LogP contribution in [0.2, 0.25) is 5.02 Å². The fourth-order valence-electron chi connectivity index (χ4n) is 1.55. The summed E-state index contributed by atoms with van der Waals surface area (Å²) in [5.41, 5.74) is 6.35. The van der Waals surface area contributed by atoms with Gasteiger partial charge in [-0.05, 0) is 43.5 Å². The van der Waals surface area contributed by atoms with Gasteiger partial charge >= 0.3 is 0 Å². The summed E-state index contributed by atoms with van der Waals surface area (Å²) >= 11 is 5.58. The first-order chi connectivity index (χ1) is 7.04. The minimum Gasteiger partial charge on any atom is -0.393 e. The number of benzene rings is 1. The average Bonchev–Trinajstić information content (AvgIpc) is 2.18. The third kappa shape index (κ3) is 3.45. The van der Waals surface area contributed by atoms with Gasteiger partial charge in [0.25, 0.3) is 0 Å². The van der Waals surface area contributed by atoms with Crippen molar-refractivity contribution in [1.82, 2.24) is 0 Å². The number of rotatable bonds is 4. The second kappa shape index (κ2) is 5.45. The molecule has 0 aliphatic heterocycles. The highest BCUT2D eigenvalue weighted by molar-refractivity contribution is 6.30. The molecule has 84 valence electrons. The molecule has 2 atom stereocenters. The molecule has 0 saturated carbocycles. The van der Waals surface area contributed by atoms with E-state index in [0.717, 1.165) is 5.56 Å². The van der Waals surface area contributed by atoms with E-state index in [0.29, 0.717) is 13.0 Å². The van der Waals surface area contributed by atoms with E-state index in [1.54, 1.807) is 13.0 Å². The van der Waals surface area contributed by atoms with Crippen molar-refractivity contribution in [3.05, 3.63) is 34.6 Å². The third-order valence-corrected chi connectivity index (χ3v) is 2.63. The molecule has 0 bridgehead atoms. The molecule has 0 amide bonds. The molecule has 2 nitrogen and oxygen atoms in total. The van der Waals surface area contributed by atoms with Crippen LogP contribution in [0.5, 0.6) is 0 Å². The van der Waals surface area contributed by atoms with Gasteiger partial charge in [0, 0.05) is 0 Å². The zero-order valence-electron chi connectivity index (χ0n) is 8.58. The van der Waals surface area contributed by atoms with E-state index in [9.17, 15) is 9.50 Å². The van der Waals surface area contributed by atoms with Crippen LogP contribution in [0.15, 0.2) is 18.2 Å². The molecule has 1 aromatic rings. The molecule has 0 aliphatic carbocycles. The molecular formula is C11H15ClFNO. The van der Waals surface area contributed by atoms with E-state index in [4.69, 9.17) is 17.3 Å². The fourth-order valence-corrected chi connectivity index (χ4v) is 1.66. The van der Waals surface area contributed by atoms with Crippen LogP contribution in [-0.4, -0.2) is 17.8 Å². The lowest BCUT2D eigenvalue weighted by Crippen LogP contribution is -2.17. The van der Waals surface area contributed by atoms with Gasteiger partial charge in [-0.3, -0.25) is 0 Å². The van der Waals surface area contributed by atoms with Gasteiger partial charge in [-0.1, -0.05) is 17.7 Å². The van der Waals surface area contributed by atoms with E-state index >= 15 is 0 Å². The maximum Gasteiger partial charge on any atom is 0.142 e. The predicted molar refractivity (Wildman–Crippen MR) is 59.5 cm³/mol. The van der Waals surface area contributed by atoms with Crippen LogP contribution in [0, 0.1) is 5.82 Å². The van der Waals surface area contributed by atoms with E-state index in [1.807, 2.05) is 0 Å². The van der Waals surface area contributed by atoms with E-state index < -0.39 is 11.9 Å². The Hall–Kier alpha value is -0.640. The van der Waals surface area contributed by atoms with E-state index in [1.165, 1.54) is 12.1 Å². The smallest absolute Gasteiger partial charge is 0.142 e. The Balaban J connectivity index is 2.87. The van der Waals surface area contributed by atoms with Crippen molar-refractivity contribution in [3.8, 4) is 0 Å². The second-order valence-corrected chi connectivity index (χ2v) is 4.10. The molecule has 0 fully saturated rings. The molecule has 2 unspecified atom stereocenters. The van der Waals surface area contributed by atoms with Crippen LogP contribution in [0.4, 0.5) is 4.39 Å². The molecule has 15 heavy (non-hydrogen) atoms. The maximum absolute atomic E-state index is 13.2. The van der Waals surface area contributed by atoms with Gasteiger partial charge in [-0.2, -0.15) is 0 Å². The summed E-state index contributed by atoms with van der Waals surface area (Å²) in [5.74, 6) is -0.477. The number of aliphatic hydroxyl groups is 1. The zero-order chi connectivity index (χ0) is 11.4. The summed E-state index contributed by atoms with van der Waals surface area (Å²) in [6.45, 7) is 2.07. The quantitative estimate of drug-likeness (QED) is 0.835. The van der Waals surface area contributed by atoms with Crippen LogP contribution in [0.1, 0.15) is 24.8 Å². The molecule has 3 N–H and O–H groups in total. The monoisotopic (exact) mass is 231 g/mol. The Morgan fingerprint density at radius 1 is 1.53 bits per heavy atom. The lowest BCUT2D eigenvalue weighted by atomic mass is 9.93. The largest absolute Gasteiger partial charge is 0.393 e. The zero-order valence-corrected chi connectivity index (χ0v) is 9.34. The fraction of sp³-hybridized carbons (Fsp3) is 0.455. The van der Waals surface area contributed by atoms with Crippen molar-refractivity contribution in [2.24, 2.45) is 5.73 Å². The predicted octanol–water partition coefficient (Wildman–Crippen LogP) is 2.29. The van der Waals surface area contributed by atoms with Crippen LogP contribution < -0.4 is 5.73 Å². The van der Waals surface area contributed by atoms with Gasteiger partial charge in [-0.25, -0.2) is 4.39 Å². The number of hydrogen-bond donors (Lipinski definition) is 2. The first-order valence-corrected chi connectivity index (χ1v) is 5.25. The lowest BCUT2D eigenvalue weighted by molar-refractivity contribution is 0.175. The molecule has 1 rings (SSSR count). The summed E-state index contributed by atoms with van der Waals surface area (Å²) in [4.78, 5) is 0. The Morgan fingerprint density at radius 2 is 2.20 bits per heavy atom. The average molecular weight is 232 g/mol. The molecule has 0 aliphatic rings. The Kier molecular flexibility index (Phi) is 4.51. The van der Waals surface area contributed by atoms with Crippen molar-refractivity contribution in [3.63, 3.8) is 0 Å². The SMILES string of the molecule is CC(O)CC(CN)c1ccc(Cl)c(F)c1. The maximum atomic E-state index is 13.2. The number of hydrogen-bond acceptors (Lipinski definition) is 2. The van der Waals surface area contributed by atoms with E-state index in [2.05, 4.69) is 0 Å². The first-order valence-electron chi connectivity index (χ1n) is 4.87. The van der Waals surface area contributed by atoms with Gasteiger partial charge in [0.05, 0.1) is 11.1 Å². The summed E-state index contributed by atoms with van der Waals surface area (Å²) in [7, 11) is 0. The van der Waals surface area contributed by atoms with Crippen LogP contribution in [-0.2, 0) is 0 Å². The molecular weight excluding hydrogens is 217 g/mol. The summed E-state index contributed by atoms with van der Waals surface area (Å²) in [5, 5.41) is 9.37. The minimum atomic E-state index is -0.447. The highest BCUT2D eigenvalue weighted by Gasteiger charge is 2.14. The Morgan fingerprint density at radius 3 is 2.67 bits per heavy atom. The lowest BCUT2D eigenvalue weighted by Gasteiger charge is -2.17. The van der Waals surface area contributed by atoms with Gasteiger partial charge < -0.3 is 10.8 Å². The molecule has 0 saturated heterocycles. The summed E-state index contributed by atoms with van der Waals surface area (Å²) in [6, 6.07) is 4.63. The van der Waals surface area contributed by atoms with Crippen molar-refractivity contribution in [2.45, 2.75) is 25.4 Å². The highest BCUT2D eigenvalue weighted by Crippen LogP contribution is 2.24. The van der Waals surface area contributed by atoms with Gasteiger partial charge in [-0.15, -0.1) is 0 Å². The van der Waals surface area contributed by atoms with Crippen LogP contribution in [0.25, 0.3) is 0 Å². The van der Waals surface area contributed by atoms with Crippen molar-refractivity contribution < 1.29 is 9.50 Å². The topological polar surface area (TPSA) is 46.2 Å². The minimum absolute atomic E-state index is 0.0308. The van der Waals surface area contributed by atoms with Crippen LogP contribution in [0.3, 0.4) is 0 Å². The van der Waals surface area contributed by atoms with Gasteiger partial charge in [0.2, 0.25) is 0 Å². The first kappa shape index (κ1) is 12.4. The van der Waals surface area contributed by atoms with Crippen LogP contribution >= 0.6 is 11.6 Å². The molecule has 4 heteroatoms. The van der Waals surface area contributed by atoms with Crippen molar-refractivity contribution in [2.75, 3.05) is 6.54 Å². The Labute approximate surface area is 93.9 Å². The van der Waals surface area contributed by atoms with Crippen molar-refractivity contribution >= 4 is 11.6 Å². The third-order valence-electron chi connectivity index (χ3n) is 2.33. The normalized spacial score (nSPS) is 15.0.